The first-order valence-corrected chi connectivity index (χ1v) is 22.9. The zero-order valence-electron chi connectivity index (χ0n) is 37.2. The van der Waals surface area contributed by atoms with E-state index in [2.05, 4.69) is 43.5 Å². The fourth-order valence-corrected chi connectivity index (χ4v) is 9.99. The lowest BCUT2D eigenvalue weighted by Gasteiger charge is -2.59. The van der Waals surface area contributed by atoms with Gasteiger partial charge in [-0.05, 0) is 90.1 Å². The summed E-state index contributed by atoms with van der Waals surface area (Å²) in [6.07, 6.45) is 10.1. The van der Waals surface area contributed by atoms with Gasteiger partial charge in [-0.25, -0.2) is 4.79 Å². The summed E-state index contributed by atoms with van der Waals surface area (Å²) in [5.74, 6) is -0.635. The minimum absolute atomic E-state index is 0.0294. The molecule has 11 heteroatoms. The Labute approximate surface area is 377 Å². The Balaban J connectivity index is 1.39. The molecular formula is C53H64N2O9. The lowest BCUT2D eigenvalue weighted by Crippen LogP contribution is -2.70. The van der Waals surface area contributed by atoms with Crippen LogP contribution in [0.1, 0.15) is 74.5 Å². The van der Waals surface area contributed by atoms with Crippen LogP contribution in [0.4, 0.5) is 4.79 Å². The fourth-order valence-electron chi connectivity index (χ4n) is 9.99. The molecule has 3 aliphatic rings. The quantitative estimate of drug-likeness (QED) is 0.0402. The van der Waals surface area contributed by atoms with Crippen molar-refractivity contribution >= 4 is 22.6 Å². The molecule has 0 saturated heterocycles. The second kappa shape index (κ2) is 22.9. The number of aliphatic hydroxyl groups excluding tert-OH is 2. The van der Waals surface area contributed by atoms with Crippen LogP contribution in [-0.2, 0) is 32.2 Å². The second-order valence-electron chi connectivity index (χ2n) is 16.7. The molecule has 2 N–H and O–H groups in total. The number of allylic oxidation sites excluding steroid dienone is 1. The normalized spacial score (nSPS) is 22.7. The van der Waals surface area contributed by atoms with Gasteiger partial charge in [-0.15, -0.1) is 6.58 Å². The van der Waals surface area contributed by atoms with E-state index in [-0.39, 0.29) is 63.8 Å². The molecule has 0 spiro atoms. The third kappa shape index (κ3) is 10.6. The molecule has 0 aromatic heterocycles. The highest BCUT2D eigenvalue weighted by Gasteiger charge is 2.65. The molecule has 4 aromatic carbocycles. The largest absolute Gasteiger partial charge is 0.490 e. The van der Waals surface area contributed by atoms with E-state index in [1.54, 1.807) is 17.1 Å². The average Bonchev–Trinajstić information content (AvgIpc) is 3.32. The van der Waals surface area contributed by atoms with Crippen molar-refractivity contribution in [1.29, 1.82) is 0 Å². The third-order valence-corrected chi connectivity index (χ3v) is 12.7. The van der Waals surface area contributed by atoms with Crippen LogP contribution in [0.25, 0.3) is 10.8 Å². The Kier molecular flexibility index (Phi) is 16.7. The molecule has 1 aliphatic heterocycles. The maximum Gasteiger partial charge on any atom is 0.410 e. The first-order valence-electron chi connectivity index (χ1n) is 22.9. The van der Waals surface area contributed by atoms with Crippen molar-refractivity contribution in [2.24, 2.45) is 22.9 Å². The van der Waals surface area contributed by atoms with E-state index in [1.807, 2.05) is 73.7 Å². The molecule has 1 heterocycles. The Morgan fingerprint density at radius 1 is 0.906 bits per heavy atom. The van der Waals surface area contributed by atoms with Crippen molar-refractivity contribution in [2.45, 2.75) is 82.8 Å². The smallest absolute Gasteiger partial charge is 0.410 e. The molecule has 1 saturated carbocycles. The summed E-state index contributed by atoms with van der Waals surface area (Å²) in [5, 5.41) is 26.8. The molecule has 4 aromatic rings. The molecule has 1 fully saturated rings. The monoisotopic (exact) mass is 872 g/mol. The SMILES string of the molecule is C=CCOc1ccc2c(c1)[C@H]1[C@H](CCCCO)[C@@H](CCCCO)C=C3C(=NOCC)C[C@H](N(Cc4cccc5ccccc45)C(=O)OCCOCc4ccccc4)[C@@](OCC=C)(O2)[C@H]31. The van der Waals surface area contributed by atoms with Gasteiger partial charge in [0.05, 0.1) is 38.0 Å². The Morgan fingerprint density at radius 2 is 1.67 bits per heavy atom. The summed E-state index contributed by atoms with van der Waals surface area (Å²) in [5.41, 5.74) is 4.62. The molecule has 6 atom stereocenters. The van der Waals surface area contributed by atoms with Gasteiger partial charge in [-0.1, -0.05) is 116 Å². The number of amides is 1. The maximum atomic E-state index is 15.1. The van der Waals surface area contributed by atoms with Crippen LogP contribution >= 0.6 is 0 Å². The summed E-state index contributed by atoms with van der Waals surface area (Å²) >= 11 is 0. The van der Waals surface area contributed by atoms with Crippen molar-refractivity contribution in [1.82, 2.24) is 4.90 Å². The van der Waals surface area contributed by atoms with Gasteiger partial charge < -0.3 is 38.7 Å². The highest BCUT2D eigenvalue weighted by Crippen LogP contribution is 2.62. The summed E-state index contributed by atoms with van der Waals surface area (Å²) in [6, 6.07) is 29.3. The average molecular weight is 873 g/mol. The number of oxime groups is 1. The predicted molar refractivity (Wildman–Crippen MR) is 249 cm³/mol. The van der Waals surface area contributed by atoms with Crippen LogP contribution < -0.4 is 9.47 Å². The number of hydrogen-bond donors (Lipinski definition) is 2. The summed E-state index contributed by atoms with van der Waals surface area (Å²) in [7, 11) is 0. The molecule has 0 unspecified atom stereocenters. The molecule has 0 bridgehead atoms. The van der Waals surface area contributed by atoms with Crippen LogP contribution in [0.5, 0.6) is 11.5 Å². The fraction of sp³-hybridized carbons (Fsp3) is 0.434. The van der Waals surface area contributed by atoms with Gasteiger partial charge in [-0.3, -0.25) is 4.90 Å². The van der Waals surface area contributed by atoms with Gasteiger partial charge in [0.2, 0.25) is 5.79 Å². The number of carbonyl (C=O) groups is 1. The Morgan fingerprint density at radius 3 is 2.45 bits per heavy atom. The molecule has 1 amide bonds. The van der Waals surface area contributed by atoms with Crippen molar-refractivity contribution < 1.29 is 43.5 Å². The highest BCUT2D eigenvalue weighted by molar-refractivity contribution is 6.03. The predicted octanol–water partition coefficient (Wildman–Crippen LogP) is 9.91. The van der Waals surface area contributed by atoms with Gasteiger partial charge in [0, 0.05) is 31.1 Å². The number of unbranched alkanes of at least 4 members (excludes halogenated alkanes) is 2. The van der Waals surface area contributed by atoms with Gasteiger partial charge in [-0.2, -0.15) is 0 Å². The maximum absolute atomic E-state index is 15.1. The van der Waals surface area contributed by atoms with Crippen LogP contribution in [0, 0.1) is 17.8 Å². The number of aliphatic hydroxyl groups is 2. The highest BCUT2D eigenvalue weighted by atomic mass is 16.7. The minimum atomic E-state index is -1.45. The van der Waals surface area contributed by atoms with E-state index in [0.717, 1.165) is 58.7 Å². The van der Waals surface area contributed by atoms with Gasteiger partial charge in [0.1, 0.15) is 37.4 Å². The van der Waals surface area contributed by atoms with Crippen LogP contribution in [0.3, 0.4) is 0 Å². The van der Waals surface area contributed by atoms with Gasteiger partial charge in [0.25, 0.3) is 0 Å². The topological polar surface area (TPSA) is 129 Å². The van der Waals surface area contributed by atoms with E-state index in [1.165, 1.54) is 0 Å². The number of carbonyl (C=O) groups excluding carboxylic acids is 1. The molecule has 2 aliphatic carbocycles. The lowest BCUT2D eigenvalue weighted by molar-refractivity contribution is -0.256. The Hall–Kier alpha value is -5.46. The Bertz CT molecular complexity index is 2220. The molecule has 11 nitrogen and oxygen atoms in total. The lowest BCUT2D eigenvalue weighted by atomic mass is 9.55. The van der Waals surface area contributed by atoms with E-state index in [4.69, 9.17) is 33.7 Å². The minimum Gasteiger partial charge on any atom is -0.490 e. The van der Waals surface area contributed by atoms with Gasteiger partial charge >= 0.3 is 6.09 Å². The van der Waals surface area contributed by atoms with Crippen molar-refractivity contribution in [3.63, 3.8) is 0 Å². The van der Waals surface area contributed by atoms with Crippen LogP contribution in [-0.4, -0.2) is 85.0 Å². The molecule has 0 radical (unpaired) electrons. The van der Waals surface area contributed by atoms with Crippen LogP contribution in [0.15, 0.2) is 133 Å². The van der Waals surface area contributed by atoms with Crippen molar-refractivity contribution in [3.05, 3.63) is 145 Å². The first kappa shape index (κ1) is 46.5. The third-order valence-electron chi connectivity index (χ3n) is 12.7. The number of fused-ring (bicyclic) bond motifs is 3. The van der Waals surface area contributed by atoms with E-state index in [0.29, 0.717) is 49.9 Å². The standard InChI is InChI=1S/C53H64N2O9/c1-4-29-60-42-25-26-48-46(34-42)50-44(24-13-15-28-57)40(20-12-14-27-56)33-45-47(54-63-6-3)35-49(53(64-48,51(45)50)62-30-5-2)55(36-41-22-16-21-39-19-10-11-23-43(39)41)52(58)61-32-31-59-37-38-17-8-7-9-18-38/h4-5,7-11,16-19,21-23,25-26,33-34,40,44,49-51,56-57H,1-2,6,12-15,20,24,27-32,35-37H2,3H3/t40-,44+,49-,50+,51+,53+/m0/s1. The van der Waals surface area contributed by atoms with E-state index >= 15 is 4.79 Å². The van der Waals surface area contributed by atoms with Gasteiger partial charge in [0.15, 0.2) is 0 Å². The molecular weight excluding hydrogens is 809 g/mol. The molecule has 7 rings (SSSR count). The van der Waals surface area contributed by atoms with Crippen molar-refractivity contribution in [3.8, 4) is 11.5 Å². The zero-order chi connectivity index (χ0) is 44.7. The number of nitrogens with zero attached hydrogens (tertiary/aromatic N) is 2. The second-order valence-corrected chi connectivity index (χ2v) is 16.7. The molecule has 340 valence electrons. The summed E-state index contributed by atoms with van der Waals surface area (Å²) < 4.78 is 32.9. The number of hydrogen-bond acceptors (Lipinski definition) is 10. The van der Waals surface area contributed by atoms with E-state index in [9.17, 15) is 10.2 Å². The number of rotatable bonds is 24. The first-order chi connectivity index (χ1) is 31.5. The molecule has 64 heavy (non-hydrogen) atoms. The van der Waals surface area contributed by atoms with E-state index < -0.39 is 23.8 Å². The number of ether oxygens (including phenoxy) is 5. The summed E-state index contributed by atoms with van der Waals surface area (Å²) in [6.45, 7) is 11.7. The number of benzene rings is 4. The summed E-state index contributed by atoms with van der Waals surface area (Å²) in [4.78, 5) is 22.8. The zero-order valence-corrected chi connectivity index (χ0v) is 37.2. The van der Waals surface area contributed by atoms with Crippen LogP contribution in [0.2, 0.25) is 0 Å². The van der Waals surface area contributed by atoms with Crippen molar-refractivity contribution in [2.75, 3.05) is 46.2 Å².